The van der Waals surface area contributed by atoms with Crippen molar-refractivity contribution in [3.05, 3.63) is 45.5 Å². The maximum absolute atomic E-state index is 11.6. The second-order valence-corrected chi connectivity index (χ2v) is 12.6. The summed E-state index contributed by atoms with van der Waals surface area (Å²) in [5.41, 5.74) is -1.83. The molecular formula is C20H18Na2O14S2. The maximum atomic E-state index is 11.6. The molecule has 0 saturated heterocycles. The molecule has 0 bridgehead atoms. The summed E-state index contributed by atoms with van der Waals surface area (Å²) in [6.07, 6.45) is 0. The van der Waals surface area contributed by atoms with Gasteiger partial charge in [-0.05, 0) is 0 Å². The average Bonchev–Trinajstić information content (AvgIpc) is 2.78. The van der Waals surface area contributed by atoms with E-state index >= 15 is 0 Å². The molecule has 196 valence electrons. The van der Waals surface area contributed by atoms with Crippen molar-refractivity contribution >= 4 is 106 Å². The number of hydrogen-bond acceptors (Lipinski definition) is 10. The van der Waals surface area contributed by atoms with E-state index in [2.05, 4.69) is 9.47 Å². The Morgan fingerprint density at radius 1 is 0.711 bits per heavy atom. The van der Waals surface area contributed by atoms with Crippen LogP contribution in [0.3, 0.4) is 0 Å². The fourth-order valence-electron chi connectivity index (χ4n) is 3.47. The van der Waals surface area contributed by atoms with Gasteiger partial charge in [-0.3, -0.25) is 0 Å². The molecule has 0 aliphatic carbocycles. The van der Waals surface area contributed by atoms with Gasteiger partial charge in [0.2, 0.25) is 0 Å². The number of carboxylic acids is 2. The topological polar surface area (TPSA) is 236 Å². The Kier molecular flexibility index (Phi) is 11.7. The van der Waals surface area contributed by atoms with E-state index in [9.17, 15) is 40.6 Å². The van der Waals surface area contributed by atoms with Gasteiger partial charge in [-0.1, -0.05) is 0 Å². The van der Waals surface area contributed by atoms with Crippen molar-refractivity contribution in [2.24, 2.45) is 0 Å². The zero-order chi connectivity index (χ0) is 29.9. The average molecular weight is 592 g/mol. The minimum absolute atomic E-state index is 0.161. The summed E-state index contributed by atoms with van der Waals surface area (Å²) in [6.45, 7) is 2.78. The van der Waals surface area contributed by atoms with Gasteiger partial charge in [0.1, 0.15) is 0 Å². The molecule has 0 atom stereocenters. The van der Waals surface area contributed by atoms with Crippen molar-refractivity contribution < 1.29 is 64.8 Å². The van der Waals surface area contributed by atoms with Crippen LogP contribution < -0.4 is 5.63 Å². The molecule has 0 radical (unpaired) electrons. The van der Waals surface area contributed by atoms with E-state index in [-0.39, 0.29) is 11.1 Å². The monoisotopic (exact) mass is 592 g/mol. The standard InChI is InChI=1S/2C10H9O7S.2Na/c1-16-9(11)6-4-3-5-7(10(12)17-2)8(6)18(13,14)15;1-4-3-5(2)7(10(13)14)8(18(15,16)17)6(4)9(11)12;;/h4-5H,1-2H3,(H,13,14,15);1-2H3,(H,11,12)(H,13,14)(H,15,16,17);;. The fourth-order valence-corrected chi connectivity index (χ4v) is 6.38. The van der Waals surface area contributed by atoms with Gasteiger partial charge in [0.25, 0.3) is 0 Å². The first-order chi connectivity index (χ1) is 17.2. The number of benzene rings is 2. The summed E-state index contributed by atoms with van der Waals surface area (Å²) >= 11 is 0.809. The van der Waals surface area contributed by atoms with Crippen LogP contribution in [0, 0.1) is 13.8 Å². The summed E-state index contributed by atoms with van der Waals surface area (Å²) < 4.78 is 73.7. The molecule has 0 aliphatic rings. The molecule has 0 amide bonds. The van der Waals surface area contributed by atoms with Crippen molar-refractivity contribution in [1.82, 2.24) is 0 Å². The van der Waals surface area contributed by atoms with Gasteiger partial charge in [-0.15, -0.1) is 0 Å². The Morgan fingerprint density at radius 3 is 1.26 bits per heavy atom. The van der Waals surface area contributed by atoms with Gasteiger partial charge in [-0.2, -0.15) is 0 Å². The Morgan fingerprint density at radius 2 is 1.03 bits per heavy atom. The van der Waals surface area contributed by atoms with Crippen molar-refractivity contribution in [1.29, 1.82) is 0 Å². The Hall–Kier alpha value is -1.86. The molecule has 0 saturated carbocycles. The summed E-state index contributed by atoms with van der Waals surface area (Å²) in [4.78, 5) is 43.6. The van der Waals surface area contributed by atoms with Crippen LogP contribution in [0.15, 0.2) is 21.9 Å². The van der Waals surface area contributed by atoms with Crippen LogP contribution in [0.1, 0.15) is 52.6 Å². The van der Waals surface area contributed by atoms with E-state index in [1.54, 1.807) is 0 Å². The van der Waals surface area contributed by atoms with Crippen LogP contribution in [-0.2, 0) is 29.7 Å². The van der Waals surface area contributed by atoms with E-state index in [4.69, 9.17) is 14.8 Å². The van der Waals surface area contributed by atoms with Crippen molar-refractivity contribution in [2.75, 3.05) is 14.2 Å². The van der Waals surface area contributed by atoms with E-state index in [1.807, 2.05) is 0 Å². The Balaban J connectivity index is 0.000000380. The van der Waals surface area contributed by atoms with Crippen LogP contribution in [0.2, 0.25) is 0 Å². The third-order valence-electron chi connectivity index (χ3n) is 5.32. The Bertz CT molecular complexity index is 1480. The van der Waals surface area contributed by atoms with Gasteiger partial charge in [0.05, 0.1) is 0 Å². The number of carboxylic acid groups (broad SMARTS) is 2. The van der Waals surface area contributed by atoms with E-state index in [1.165, 1.54) is 26.0 Å². The van der Waals surface area contributed by atoms with Gasteiger partial charge in [-0.25, -0.2) is 0 Å². The third kappa shape index (κ3) is 7.62. The molecule has 0 heterocycles. The van der Waals surface area contributed by atoms with Crippen molar-refractivity contribution in [3.8, 4) is 0 Å². The molecule has 2 aromatic rings. The minimum atomic E-state index is -4.96. The second kappa shape index (κ2) is 13.0. The molecule has 18 heteroatoms. The normalized spacial score (nSPS) is 11.2. The molecule has 0 aliphatic heterocycles. The zero-order valence-electron chi connectivity index (χ0n) is 20.8. The van der Waals surface area contributed by atoms with Crippen LogP contribution >= 0.6 is 0 Å². The molecular weight excluding hydrogens is 574 g/mol. The molecule has 0 unspecified atom stereocenters. The predicted octanol–water partition coefficient (Wildman–Crippen LogP) is -0.959. The summed E-state index contributed by atoms with van der Waals surface area (Å²) in [7, 11) is -7.61. The van der Waals surface area contributed by atoms with Crippen LogP contribution in [0.4, 0.5) is 0 Å². The fraction of sp³-hybridized carbons (Fsp3) is 0.200. The first-order valence-electron chi connectivity index (χ1n) is 10.1. The first-order valence-corrected chi connectivity index (χ1v) is 15.0. The molecule has 38 heavy (non-hydrogen) atoms. The van der Waals surface area contributed by atoms with Crippen LogP contribution in [0.25, 0.3) is 0 Å². The van der Waals surface area contributed by atoms with Gasteiger partial charge in [0, 0.05) is 0 Å². The number of carbonyl (C=O) groups excluding carboxylic acids is 2. The Labute approximate surface area is 251 Å². The molecule has 14 nitrogen and oxygen atoms in total. The number of methoxy groups -OCH3 is 2. The van der Waals surface area contributed by atoms with Crippen molar-refractivity contribution in [3.63, 3.8) is 0 Å². The van der Waals surface area contributed by atoms with E-state index in [0.717, 1.165) is 14.2 Å². The number of ether oxygens (including phenoxy) is 2. The summed E-state index contributed by atoms with van der Waals surface area (Å²) in [5, 5.41) is 18.2. The van der Waals surface area contributed by atoms with E-state index < -0.39 is 76.2 Å². The van der Waals surface area contributed by atoms with Gasteiger partial charge < -0.3 is 0 Å². The third-order valence-corrected chi connectivity index (χ3v) is 9.27. The zero-order valence-corrected chi connectivity index (χ0v) is 26.5. The second-order valence-electron chi connectivity index (χ2n) is 7.69. The first kappa shape index (κ1) is 34.2. The summed E-state index contributed by atoms with van der Waals surface area (Å²) in [5.74, 6) is -5.11. The van der Waals surface area contributed by atoms with E-state index in [0.29, 0.717) is 61.5 Å². The van der Waals surface area contributed by atoms with Gasteiger partial charge >= 0.3 is 254 Å². The molecule has 0 fully saturated rings. The van der Waals surface area contributed by atoms with Crippen LogP contribution in [-0.4, -0.2) is 130 Å². The SMILES string of the molecule is COC(=O)c1c[c]([Na])cc(C(=O)OC)c1S(=O)(=O)O.Cc1[c]([Na])c(C)c(C(=O)O)c(S(=O)(=O)O)c1C(=O)O. The quantitative estimate of drug-likeness (QED) is 0.180. The number of esters is 2. The molecule has 0 spiro atoms. The van der Waals surface area contributed by atoms with Crippen LogP contribution in [0.5, 0.6) is 0 Å². The molecule has 4 N–H and O–H groups in total. The van der Waals surface area contributed by atoms with Crippen molar-refractivity contribution in [2.45, 2.75) is 23.6 Å². The molecule has 0 aromatic heterocycles. The molecule has 2 rings (SSSR count). The van der Waals surface area contributed by atoms with Gasteiger partial charge in [0.15, 0.2) is 0 Å². The number of hydrogen-bond donors (Lipinski definition) is 4. The summed E-state index contributed by atoms with van der Waals surface area (Å²) in [6, 6.07) is 2.52. The number of rotatable bonds is 6. The molecule has 2 aromatic carbocycles. The predicted molar refractivity (Wildman–Crippen MR) is 129 cm³/mol. The number of aromatic carboxylic acids is 2. The number of carbonyl (C=O) groups is 4.